The lowest BCUT2D eigenvalue weighted by molar-refractivity contribution is 0.140. The van der Waals surface area contributed by atoms with Crippen LogP contribution in [0.1, 0.15) is 42.1 Å². The third kappa shape index (κ3) is 4.35. The minimum atomic E-state index is -0.222. The van der Waals surface area contributed by atoms with E-state index < -0.39 is 0 Å². The van der Waals surface area contributed by atoms with Crippen LogP contribution in [0.25, 0.3) is 11.8 Å². The highest BCUT2D eigenvalue weighted by molar-refractivity contribution is 6.02. The van der Waals surface area contributed by atoms with Crippen LogP contribution in [0.5, 0.6) is 5.75 Å². The van der Waals surface area contributed by atoms with Gasteiger partial charge in [0, 0.05) is 19.2 Å². The molecule has 0 spiro atoms. The quantitative estimate of drug-likeness (QED) is 0.547. The van der Waals surface area contributed by atoms with E-state index in [-0.39, 0.29) is 11.9 Å². The zero-order chi connectivity index (χ0) is 22.8. The van der Waals surface area contributed by atoms with E-state index in [9.17, 15) is 4.39 Å². The second kappa shape index (κ2) is 9.10. The minimum absolute atomic E-state index is 0.108. The standard InChI is InChI=1S/C26H27FN4O2/c1-18-16-30(17-28-18)24-10-5-19(15-25(24)32-2)14-21-4-3-12-31-23(11-13-33-29-26(21)31)20-6-8-22(27)9-7-20/h5-10,14-17,23H,3-4,11-13H2,1-2H3/t23-/m1/s1. The van der Waals surface area contributed by atoms with Crippen molar-refractivity contribution in [1.82, 2.24) is 14.5 Å². The lowest BCUT2D eigenvalue weighted by Gasteiger charge is -2.36. The number of aryl methyl sites for hydroxylation is 1. The van der Waals surface area contributed by atoms with Crippen molar-refractivity contribution in [2.75, 3.05) is 20.3 Å². The van der Waals surface area contributed by atoms with Crippen LogP contribution in [0.3, 0.4) is 0 Å². The lowest BCUT2D eigenvalue weighted by atomic mass is 9.95. The van der Waals surface area contributed by atoms with E-state index in [0.717, 1.165) is 65.5 Å². The summed E-state index contributed by atoms with van der Waals surface area (Å²) in [5.41, 5.74) is 5.14. The summed E-state index contributed by atoms with van der Waals surface area (Å²) < 4.78 is 21.1. The van der Waals surface area contributed by atoms with E-state index in [1.54, 1.807) is 13.4 Å². The maximum Gasteiger partial charge on any atom is 0.171 e. The topological polar surface area (TPSA) is 51.9 Å². The summed E-state index contributed by atoms with van der Waals surface area (Å²) in [5, 5.41) is 4.48. The van der Waals surface area contributed by atoms with Crippen molar-refractivity contribution >= 4 is 11.9 Å². The van der Waals surface area contributed by atoms with Crippen LogP contribution >= 0.6 is 0 Å². The van der Waals surface area contributed by atoms with Gasteiger partial charge in [0.25, 0.3) is 0 Å². The van der Waals surface area contributed by atoms with Gasteiger partial charge in [0.15, 0.2) is 5.84 Å². The number of halogens is 1. The number of rotatable bonds is 4. The number of benzene rings is 2. The summed E-state index contributed by atoms with van der Waals surface area (Å²) in [6, 6.07) is 13.0. The Labute approximate surface area is 192 Å². The van der Waals surface area contributed by atoms with Gasteiger partial charge in [-0.25, -0.2) is 9.37 Å². The van der Waals surface area contributed by atoms with Gasteiger partial charge in [0.05, 0.1) is 30.9 Å². The number of hydrogen-bond acceptors (Lipinski definition) is 5. The molecule has 0 unspecified atom stereocenters. The number of fused-ring (bicyclic) bond motifs is 1. The Kier molecular flexibility index (Phi) is 5.86. The molecule has 1 atom stereocenters. The molecule has 2 aromatic carbocycles. The molecule has 0 saturated carbocycles. The Morgan fingerprint density at radius 3 is 2.79 bits per heavy atom. The third-order valence-corrected chi connectivity index (χ3v) is 6.20. The Morgan fingerprint density at radius 1 is 1.18 bits per heavy atom. The molecule has 6 nitrogen and oxygen atoms in total. The number of hydrogen-bond donors (Lipinski definition) is 0. The number of piperidine rings is 1. The lowest BCUT2D eigenvalue weighted by Crippen LogP contribution is -2.39. The molecule has 1 saturated heterocycles. The van der Waals surface area contributed by atoms with E-state index >= 15 is 0 Å². The van der Waals surface area contributed by atoms with E-state index in [0.29, 0.717) is 6.61 Å². The van der Waals surface area contributed by atoms with Gasteiger partial charge < -0.3 is 19.0 Å². The van der Waals surface area contributed by atoms with Gasteiger partial charge in [-0.15, -0.1) is 0 Å². The predicted octanol–water partition coefficient (Wildman–Crippen LogP) is 5.28. The number of oxime groups is 1. The summed E-state index contributed by atoms with van der Waals surface area (Å²) >= 11 is 0. The molecule has 5 rings (SSSR count). The van der Waals surface area contributed by atoms with E-state index in [4.69, 9.17) is 9.57 Å². The summed E-state index contributed by atoms with van der Waals surface area (Å²) in [6.07, 6.45) is 8.66. The van der Waals surface area contributed by atoms with Gasteiger partial charge in [-0.1, -0.05) is 23.4 Å². The Balaban J connectivity index is 1.47. The molecule has 0 amide bonds. The molecular weight excluding hydrogens is 419 g/mol. The largest absolute Gasteiger partial charge is 0.495 e. The fourth-order valence-electron chi connectivity index (χ4n) is 4.60. The Morgan fingerprint density at radius 2 is 2.03 bits per heavy atom. The molecule has 3 aromatic rings. The van der Waals surface area contributed by atoms with Crippen LogP contribution in [0.15, 0.2) is 65.7 Å². The molecule has 3 heterocycles. The second-order valence-corrected chi connectivity index (χ2v) is 8.42. The molecular formula is C26H27FN4O2. The van der Waals surface area contributed by atoms with Crippen LogP contribution in [0.2, 0.25) is 0 Å². The number of imidazole rings is 1. The molecule has 1 aromatic heterocycles. The first-order valence-electron chi connectivity index (χ1n) is 11.2. The average Bonchev–Trinajstić information content (AvgIpc) is 3.14. The first kappa shape index (κ1) is 21.2. The van der Waals surface area contributed by atoms with Crippen molar-refractivity contribution in [3.05, 3.63) is 83.2 Å². The molecule has 7 heteroatoms. The predicted molar refractivity (Wildman–Crippen MR) is 126 cm³/mol. The van der Waals surface area contributed by atoms with Gasteiger partial charge in [-0.2, -0.15) is 0 Å². The van der Waals surface area contributed by atoms with Crippen LogP contribution in [-0.2, 0) is 4.84 Å². The van der Waals surface area contributed by atoms with E-state index in [1.165, 1.54) is 12.1 Å². The minimum Gasteiger partial charge on any atom is -0.495 e. The SMILES string of the molecule is COc1cc(C=C2CCCN3C2=NOCC[C@@H]3c2ccc(F)cc2)ccc1-n1cnc(C)c1. The maximum atomic E-state index is 13.5. The molecule has 0 bridgehead atoms. The molecule has 170 valence electrons. The zero-order valence-corrected chi connectivity index (χ0v) is 18.9. The summed E-state index contributed by atoms with van der Waals surface area (Å²) in [7, 11) is 1.68. The van der Waals surface area contributed by atoms with Crippen molar-refractivity contribution in [2.24, 2.45) is 5.16 Å². The summed E-state index contributed by atoms with van der Waals surface area (Å²) in [5.74, 6) is 1.42. The van der Waals surface area contributed by atoms with Gasteiger partial charge in [-0.05, 0) is 66.8 Å². The van der Waals surface area contributed by atoms with Crippen molar-refractivity contribution in [1.29, 1.82) is 0 Å². The average molecular weight is 447 g/mol. The van der Waals surface area contributed by atoms with Gasteiger partial charge in [-0.3, -0.25) is 0 Å². The van der Waals surface area contributed by atoms with E-state index in [1.807, 2.05) is 42.0 Å². The van der Waals surface area contributed by atoms with Crippen molar-refractivity contribution < 1.29 is 14.0 Å². The molecule has 1 fully saturated rings. The van der Waals surface area contributed by atoms with Crippen LogP contribution < -0.4 is 4.74 Å². The molecule has 2 aliphatic rings. The first-order valence-corrected chi connectivity index (χ1v) is 11.2. The second-order valence-electron chi connectivity index (χ2n) is 8.42. The maximum absolute atomic E-state index is 13.5. The third-order valence-electron chi connectivity index (χ3n) is 6.20. The zero-order valence-electron chi connectivity index (χ0n) is 18.9. The van der Waals surface area contributed by atoms with Crippen LogP contribution in [-0.4, -0.2) is 40.5 Å². The fraction of sp³-hybridized carbons (Fsp3) is 0.308. The van der Waals surface area contributed by atoms with Gasteiger partial charge in [0.1, 0.15) is 18.2 Å². The van der Waals surface area contributed by atoms with Gasteiger partial charge in [0.2, 0.25) is 0 Å². The number of methoxy groups -OCH3 is 1. The normalized spacial score (nSPS) is 19.5. The molecule has 0 aliphatic carbocycles. The van der Waals surface area contributed by atoms with Crippen molar-refractivity contribution in [3.63, 3.8) is 0 Å². The first-order chi connectivity index (χ1) is 16.1. The molecule has 0 N–H and O–H groups in total. The Hall–Kier alpha value is -3.61. The van der Waals surface area contributed by atoms with Gasteiger partial charge >= 0.3 is 0 Å². The smallest absolute Gasteiger partial charge is 0.171 e. The Bertz CT molecular complexity index is 1200. The fourth-order valence-corrected chi connectivity index (χ4v) is 4.60. The van der Waals surface area contributed by atoms with Crippen molar-refractivity contribution in [3.8, 4) is 11.4 Å². The highest BCUT2D eigenvalue weighted by Gasteiger charge is 2.31. The number of aromatic nitrogens is 2. The molecule has 2 aliphatic heterocycles. The number of nitrogens with zero attached hydrogens (tertiary/aromatic N) is 4. The monoisotopic (exact) mass is 446 g/mol. The molecule has 0 radical (unpaired) electrons. The highest BCUT2D eigenvalue weighted by Crippen LogP contribution is 2.34. The van der Waals surface area contributed by atoms with Crippen molar-refractivity contribution in [2.45, 2.75) is 32.2 Å². The highest BCUT2D eigenvalue weighted by atomic mass is 19.1. The van der Waals surface area contributed by atoms with Crippen LogP contribution in [0, 0.1) is 12.7 Å². The number of amidine groups is 1. The van der Waals surface area contributed by atoms with Crippen LogP contribution in [0.4, 0.5) is 4.39 Å². The summed E-state index contributed by atoms with van der Waals surface area (Å²) in [4.78, 5) is 12.2. The molecule has 33 heavy (non-hydrogen) atoms. The van der Waals surface area contributed by atoms with E-state index in [2.05, 4.69) is 27.2 Å². The number of ether oxygens (including phenoxy) is 1. The summed E-state index contributed by atoms with van der Waals surface area (Å²) in [6.45, 7) is 3.39.